The number of halogens is 1. The molecule has 2 aromatic rings. The van der Waals surface area contributed by atoms with Gasteiger partial charge in [0.1, 0.15) is 11.1 Å². The van der Waals surface area contributed by atoms with Crippen LogP contribution in [-0.2, 0) is 0 Å². The van der Waals surface area contributed by atoms with Crippen molar-refractivity contribution in [1.29, 1.82) is 0 Å². The third-order valence-corrected chi connectivity index (χ3v) is 3.89. The molecule has 0 aromatic carbocycles. The molecule has 8 heteroatoms. The number of piperidine rings is 1. The first kappa shape index (κ1) is 15.5. The number of carbonyl (C=O) groups excluding carboxylic acids is 1. The Labute approximate surface area is 137 Å². The van der Waals surface area contributed by atoms with Gasteiger partial charge in [-0.3, -0.25) is 9.59 Å². The first-order chi connectivity index (χ1) is 11.1. The zero-order chi connectivity index (χ0) is 16.2. The Morgan fingerprint density at radius 1 is 1.48 bits per heavy atom. The van der Waals surface area contributed by atoms with E-state index in [4.69, 9.17) is 16.3 Å². The van der Waals surface area contributed by atoms with Crippen molar-refractivity contribution in [2.24, 2.45) is 0 Å². The average Bonchev–Trinajstić information content (AvgIpc) is 2.58. The largest absolute Gasteiger partial charge is 0.471 e. The fraction of sp³-hybridized carbons (Fsp3) is 0.333. The standard InChI is InChI=1S/C15H15ClN4O3/c16-12-7-10(8-17-14(12)21)15(22)20-6-2-3-11(9-20)23-13-4-1-5-18-19-13/h1,4-5,7-8,11H,2-3,6,9H2,(H,17,21)/t11-/m1/s1. The molecule has 3 heterocycles. The maximum Gasteiger partial charge on any atom is 0.266 e. The van der Waals surface area contributed by atoms with Crippen molar-refractivity contribution in [3.8, 4) is 5.88 Å². The monoisotopic (exact) mass is 334 g/mol. The number of pyridine rings is 1. The molecule has 0 bridgehead atoms. The second-order valence-electron chi connectivity index (χ2n) is 5.26. The molecule has 0 aliphatic carbocycles. The van der Waals surface area contributed by atoms with Crippen molar-refractivity contribution in [1.82, 2.24) is 20.1 Å². The summed E-state index contributed by atoms with van der Waals surface area (Å²) >= 11 is 5.78. The van der Waals surface area contributed by atoms with Crippen molar-refractivity contribution in [3.63, 3.8) is 0 Å². The minimum atomic E-state index is -0.411. The summed E-state index contributed by atoms with van der Waals surface area (Å²) in [7, 11) is 0. The molecule has 0 saturated carbocycles. The van der Waals surface area contributed by atoms with Crippen LogP contribution in [0.1, 0.15) is 23.2 Å². The molecule has 7 nitrogen and oxygen atoms in total. The average molecular weight is 335 g/mol. The van der Waals surface area contributed by atoms with E-state index in [2.05, 4.69) is 15.2 Å². The second kappa shape index (κ2) is 6.78. The molecular formula is C15H15ClN4O3. The molecule has 23 heavy (non-hydrogen) atoms. The highest BCUT2D eigenvalue weighted by atomic mass is 35.5. The van der Waals surface area contributed by atoms with Gasteiger partial charge in [0.05, 0.1) is 12.1 Å². The normalized spacial score (nSPS) is 17.8. The van der Waals surface area contributed by atoms with E-state index < -0.39 is 5.56 Å². The lowest BCUT2D eigenvalue weighted by atomic mass is 10.1. The lowest BCUT2D eigenvalue weighted by Gasteiger charge is -2.32. The molecule has 1 saturated heterocycles. The third-order valence-electron chi connectivity index (χ3n) is 3.61. The number of hydrogen-bond acceptors (Lipinski definition) is 5. The Kier molecular flexibility index (Phi) is 4.57. The van der Waals surface area contributed by atoms with Crippen molar-refractivity contribution in [3.05, 3.63) is 51.5 Å². The van der Waals surface area contributed by atoms with Gasteiger partial charge in [0.15, 0.2) is 0 Å². The van der Waals surface area contributed by atoms with Crippen LogP contribution in [0.3, 0.4) is 0 Å². The van der Waals surface area contributed by atoms with E-state index in [9.17, 15) is 9.59 Å². The number of aromatic amines is 1. The third kappa shape index (κ3) is 3.68. The van der Waals surface area contributed by atoms with Gasteiger partial charge in [-0.1, -0.05) is 11.6 Å². The van der Waals surface area contributed by atoms with Gasteiger partial charge in [-0.05, 0) is 25.0 Å². The van der Waals surface area contributed by atoms with E-state index in [1.54, 1.807) is 23.2 Å². The molecule has 0 spiro atoms. The van der Waals surface area contributed by atoms with E-state index >= 15 is 0 Å². The molecule has 2 aromatic heterocycles. The highest BCUT2D eigenvalue weighted by molar-refractivity contribution is 6.30. The van der Waals surface area contributed by atoms with Crippen molar-refractivity contribution in [2.75, 3.05) is 13.1 Å². The van der Waals surface area contributed by atoms with Gasteiger partial charge in [-0.25, -0.2) is 0 Å². The number of likely N-dealkylation sites (tertiary alicyclic amines) is 1. The number of ether oxygens (including phenoxy) is 1. The second-order valence-corrected chi connectivity index (χ2v) is 5.67. The van der Waals surface area contributed by atoms with Gasteiger partial charge in [-0.2, -0.15) is 5.10 Å². The van der Waals surface area contributed by atoms with Gasteiger partial charge < -0.3 is 14.6 Å². The SMILES string of the molecule is O=C(c1c[nH]c(=O)c(Cl)c1)N1CCC[C@@H](Oc2cccnn2)C1. The van der Waals surface area contributed by atoms with Gasteiger partial charge in [0.2, 0.25) is 5.88 Å². The Morgan fingerprint density at radius 2 is 2.35 bits per heavy atom. The Hall–Kier alpha value is -2.41. The molecule has 1 fully saturated rings. The molecule has 120 valence electrons. The number of H-pyrrole nitrogens is 1. The highest BCUT2D eigenvalue weighted by Gasteiger charge is 2.26. The summed E-state index contributed by atoms with van der Waals surface area (Å²) in [5.74, 6) is 0.259. The van der Waals surface area contributed by atoms with Crippen LogP contribution < -0.4 is 10.3 Å². The fourth-order valence-electron chi connectivity index (χ4n) is 2.50. The molecule has 1 amide bonds. The summed E-state index contributed by atoms with van der Waals surface area (Å²) in [5, 5.41) is 7.66. The van der Waals surface area contributed by atoms with E-state index in [0.717, 1.165) is 12.8 Å². The summed E-state index contributed by atoms with van der Waals surface area (Å²) in [6.07, 6.45) is 4.48. The molecular weight excluding hydrogens is 320 g/mol. The Bertz CT molecular complexity index is 750. The number of amides is 1. The van der Waals surface area contributed by atoms with E-state index in [1.807, 2.05) is 0 Å². The zero-order valence-electron chi connectivity index (χ0n) is 12.2. The maximum atomic E-state index is 12.5. The first-order valence-corrected chi connectivity index (χ1v) is 7.63. The van der Waals surface area contributed by atoms with Crippen LogP contribution in [0.15, 0.2) is 35.4 Å². The van der Waals surface area contributed by atoms with Crippen molar-refractivity contribution < 1.29 is 9.53 Å². The fourth-order valence-corrected chi connectivity index (χ4v) is 2.67. The van der Waals surface area contributed by atoms with Gasteiger partial charge >= 0.3 is 0 Å². The van der Waals surface area contributed by atoms with Gasteiger partial charge in [0.25, 0.3) is 11.5 Å². The van der Waals surface area contributed by atoms with Crippen LogP contribution in [0.4, 0.5) is 0 Å². The minimum absolute atomic E-state index is 0.000203. The number of carbonyl (C=O) groups is 1. The van der Waals surface area contributed by atoms with Crippen LogP contribution in [-0.4, -0.2) is 45.2 Å². The predicted octanol–water partition coefficient (Wildman–Crippen LogP) is 1.50. The van der Waals surface area contributed by atoms with Crippen molar-refractivity contribution >= 4 is 17.5 Å². The number of nitrogens with zero attached hydrogens (tertiary/aromatic N) is 3. The molecule has 0 radical (unpaired) electrons. The highest BCUT2D eigenvalue weighted by Crippen LogP contribution is 2.18. The topological polar surface area (TPSA) is 88.2 Å². The van der Waals surface area contributed by atoms with E-state index in [0.29, 0.717) is 24.5 Å². The molecule has 1 N–H and O–H groups in total. The first-order valence-electron chi connectivity index (χ1n) is 7.25. The quantitative estimate of drug-likeness (QED) is 0.919. The van der Waals surface area contributed by atoms with Crippen LogP contribution in [0.2, 0.25) is 5.02 Å². The molecule has 1 aliphatic heterocycles. The molecule has 0 unspecified atom stereocenters. The number of nitrogens with one attached hydrogen (secondary N) is 1. The summed E-state index contributed by atoms with van der Waals surface area (Å²) in [6.45, 7) is 1.09. The van der Waals surface area contributed by atoms with Crippen LogP contribution in [0.5, 0.6) is 5.88 Å². The van der Waals surface area contributed by atoms with E-state index in [1.165, 1.54) is 12.3 Å². The van der Waals surface area contributed by atoms with Crippen molar-refractivity contribution in [2.45, 2.75) is 18.9 Å². The van der Waals surface area contributed by atoms with E-state index in [-0.39, 0.29) is 17.0 Å². The zero-order valence-corrected chi connectivity index (χ0v) is 13.0. The molecule has 1 atom stereocenters. The lowest BCUT2D eigenvalue weighted by molar-refractivity contribution is 0.0525. The molecule has 3 rings (SSSR count). The smallest absolute Gasteiger partial charge is 0.266 e. The van der Waals surface area contributed by atoms with Gasteiger partial charge in [0, 0.05) is 25.0 Å². The number of aromatic nitrogens is 3. The summed E-state index contributed by atoms with van der Waals surface area (Å²) in [6, 6.07) is 4.86. The molecule has 1 aliphatic rings. The minimum Gasteiger partial charge on any atom is -0.471 e. The van der Waals surface area contributed by atoms with Crippen LogP contribution in [0.25, 0.3) is 0 Å². The lowest BCUT2D eigenvalue weighted by Crippen LogP contribution is -2.44. The van der Waals surface area contributed by atoms with Crippen LogP contribution >= 0.6 is 11.6 Å². The number of hydrogen-bond donors (Lipinski definition) is 1. The Balaban J connectivity index is 1.69. The summed E-state index contributed by atoms with van der Waals surface area (Å²) in [4.78, 5) is 27.9. The Morgan fingerprint density at radius 3 is 3.09 bits per heavy atom. The summed E-state index contributed by atoms with van der Waals surface area (Å²) in [5.41, 5.74) is -0.0551. The predicted molar refractivity (Wildman–Crippen MR) is 83.7 cm³/mol. The maximum absolute atomic E-state index is 12.5. The van der Waals surface area contributed by atoms with Gasteiger partial charge in [-0.15, -0.1) is 5.10 Å². The van der Waals surface area contributed by atoms with Crippen LogP contribution in [0, 0.1) is 0 Å². The number of rotatable bonds is 3. The summed E-state index contributed by atoms with van der Waals surface area (Å²) < 4.78 is 5.76.